The number of rotatable bonds is 9. The summed E-state index contributed by atoms with van der Waals surface area (Å²) in [6, 6.07) is 38.6. The zero-order valence-corrected chi connectivity index (χ0v) is 23.7. The predicted molar refractivity (Wildman–Crippen MR) is 170 cm³/mol. The molecular formula is C37H39N3O. The van der Waals surface area contributed by atoms with Gasteiger partial charge in [-0.05, 0) is 53.8 Å². The molecule has 208 valence electrons. The van der Waals surface area contributed by atoms with Crippen LogP contribution in [0.1, 0.15) is 45.0 Å². The maximum absolute atomic E-state index is 13.4. The molecule has 2 heterocycles. The van der Waals surface area contributed by atoms with Gasteiger partial charge in [0, 0.05) is 56.4 Å². The largest absolute Gasteiger partial charge is 0.369 e. The monoisotopic (exact) mass is 541 g/mol. The molecule has 1 fully saturated rings. The van der Waals surface area contributed by atoms with E-state index < -0.39 is 0 Å². The van der Waals surface area contributed by atoms with E-state index in [0.717, 1.165) is 63.2 Å². The van der Waals surface area contributed by atoms with Crippen molar-refractivity contribution in [2.75, 3.05) is 50.7 Å². The Morgan fingerprint density at radius 3 is 2.00 bits per heavy atom. The zero-order valence-electron chi connectivity index (χ0n) is 23.7. The molecule has 0 atom stereocenters. The number of carbonyl (C=O) groups is 1. The third-order valence-electron chi connectivity index (χ3n) is 8.57. The van der Waals surface area contributed by atoms with Crippen molar-refractivity contribution in [2.24, 2.45) is 0 Å². The molecule has 0 aliphatic carbocycles. The fourth-order valence-corrected chi connectivity index (χ4v) is 6.20. The maximum atomic E-state index is 13.4. The third-order valence-corrected chi connectivity index (χ3v) is 8.57. The number of nitrogens with zero attached hydrogens (tertiary/aromatic N) is 3. The maximum Gasteiger partial charge on any atom is 0.254 e. The molecule has 2 aliphatic heterocycles. The van der Waals surface area contributed by atoms with E-state index in [0.29, 0.717) is 12.5 Å². The molecule has 41 heavy (non-hydrogen) atoms. The van der Waals surface area contributed by atoms with E-state index in [1.165, 1.54) is 22.4 Å². The first-order chi connectivity index (χ1) is 20.2. The molecule has 0 N–H and O–H groups in total. The second-order valence-corrected chi connectivity index (χ2v) is 11.1. The Morgan fingerprint density at radius 2 is 1.34 bits per heavy atom. The Hall–Kier alpha value is -4.15. The van der Waals surface area contributed by atoms with Crippen LogP contribution in [0.2, 0.25) is 0 Å². The smallest absolute Gasteiger partial charge is 0.254 e. The van der Waals surface area contributed by atoms with Crippen LogP contribution in [-0.2, 0) is 6.42 Å². The fraction of sp³-hybridized carbons (Fsp3) is 0.270. The summed E-state index contributed by atoms with van der Waals surface area (Å²) in [6.07, 6.45) is 6.22. The first-order valence-electron chi connectivity index (χ1n) is 15.0. The number of hydrogen-bond acceptors (Lipinski definition) is 3. The van der Waals surface area contributed by atoms with Crippen LogP contribution in [0.5, 0.6) is 0 Å². The molecule has 4 aromatic carbocycles. The summed E-state index contributed by atoms with van der Waals surface area (Å²) in [6.45, 7) is 6.54. The van der Waals surface area contributed by atoms with E-state index in [1.807, 2.05) is 23.1 Å². The number of hydrogen-bond donors (Lipinski definition) is 0. The van der Waals surface area contributed by atoms with Gasteiger partial charge in [-0.3, -0.25) is 9.69 Å². The average Bonchev–Trinajstić information content (AvgIpc) is 3.04. The number of benzene rings is 4. The summed E-state index contributed by atoms with van der Waals surface area (Å²) < 4.78 is 0. The van der Waals surface area contributed by atoms with Crippen LogP contribution in [0, 0.1) is 0 Å². The first kappa shape index (κ1) is 27.0. The van der Waals surface area contributed by atoms with Gasteiger partial charge in [0.2, 0.25) is 0 Å². The van der Waals surface area contributed by atoms with Crippen LogP contribution < -0.4 is 4.90 Å². The molecule has 0 aromatic heterocycles. The van der Waals surface area contributed by atoms with E-state index in [-0.39, 0.29) is 5.91 Å². The van der Waals surface area contributed by atoms with Crippen LogP contribution in [0.4, 0.5) is 5.69 Å². The molecule has 2 aliphatic rings. The molecule has 0 unspecified atom stereocenters. The number of fused-ring (bicyclic) bond motifs is 1. The van der Waals surface area contributed by atoms with Gasteiger partial charge >= 0.3 is 0 Å². The van der Waals surface area contributed by atoms with Gasteiger partial charge in [0.05, 0.1) is 0 Å². The van der Waals surface area contributed by atoms with Gasteiger partial charge < -0.3 is 9.80 Å². The molecule has 1 saturated heterocycles. The van der Waals surface area contributed by atoms with Crippen molar-refractivity contribution >= 4 is 17.7 Å². The van der Waals surface area contributed by atoms with Crippen LogP contribution in [0.25, 0.3) is 6.08 Å². The van der Waals surface area contributed by atoms with Crippen molar-refractivity contribution in [2.45, 2.75) is 18.8 Å². The first-order valence-corrected chi connectivity index (χ1v) is 15.0. The lowest BCUT2D eigenvalue weighted by Crippen LogP contribution is -2.47. The number of carbonyl (C=O) groups excluding carboxylic acids is 1. The zero-order chi connectivity index (χ0) is 27.9. The Bertz CT molecular complexity index is 1400. The molecule has 0 radical (unpaired) electrons. The van der Waals surface area contributed by atoms with Gasteiger partial charge in [0.1, 0.15) is 0 Å². The number of amides is 1. The molecule has 4 heteroatoms. The second-order valence-electron chi connectivity index (χ2n) is 11.1. The Morgan fingerprint density at radius 1 is 0.707 bits per heavy atom. The lowest BCUT2D eigenvalue weighted by atomic mass is 9.88. The van der Waals surface area contributed by atoms with Crippen LogP contribution in [-0.4, -0.2) is 61.5 Å². The van der Waals surface area contributed by atoms with Gasteiger partial charge in [-0.1, -0.05) is 109 Å². The van der Waals surface area contributed by atoms with Crippen LogP contribution >= 0.6 is 0 Å². The highest BCUT2D eigenvalue weighted by Gasteiger charge is 2.26. The van der Waals surface area contributed by atoms with Crippen molar-refractivity contribution in [3.8, 4) is 0 Å². The third kappa shape index (κ3) is 6.61. The molecule has 1 amide bonds. The highest BCUT2D eigenvalue weighted by Crippen LogP contribution is 2.29. The molecule has 6 rings (SSSR count). The fourth-order valence-electron chi connectivity index (χ4n) is 6.20. The van der Waals surface area contributed by atoms with E-state index in [4.69, 9.17) is 0 Å². The molecular weight excluding hydrogens is 502 g/mol. The summed E-state index contributed by atoms with van der Waals surface area (Å²) in [5.74, 6) is 0.560. The highest BCUT2D eigenvalue weighted by molar-refractivity contribution is 5.98. The van der Waals surface area contributed by atoms with Crippen molar-refractivity contribution in [1.29, 1.82) is 0 Å². The molecule has 0 spiro atoms. The lowest BCUT2D eigenvalue weighted by molar-refractivity contribution is 0.0759. The van der Waals surface area contributed by atoms with Gasteiger partial charge in [-0.2, -0.15) is 0 Å². The number of anilines is 1. The quantitative estimate of drug-likeness (QED) is 0.235. The normalized spacial score (nSPS) is 16.0. The summed E-state index contributed by atoms with van der Waals surface area (Å²) in [7, 11) is 0. The molecule has 0 saturated carbocycles. The standard InChI is InChI=1S/C37H39N3O/c41-37-36-29-34(19-18-33(36)20-24-40(37)22-10-13-30-11-4-1-5-12-30)39-27-25-38(26-28-39)23-21-35(31-14-6-2-7-15-31)32-16-8-3-9-17-32/h1-19,29,35H,20-28H2. The van der Waals surface area contributed by atoms with Gasteiger partial charge in [-0.15, -0.1) is 0 Å². The van der Waals surface area contributed by atoms with Crippen molar-refractivity contribution in [3.63, 3.8) is 0 Å². The Balaban J connectivity index is 1.05. The van der Waals surface area contributed by atoms with Crippen LogP contribution in [0.15, 0.2) is 115 Å². The second kappa shape index (κ2) is 13.0. The van der Waals surface area contributed by atoms with Crippen LogP contribution in [0.3, 0.4) is 0 Å². The topological polar surface area (TPSA) is 26.8 Å². The average molecular weight is 542 g/mol. The Labute approximate surface area is 244 Å². The van der Waals surface area contributed by atoms with Gasteiger partial charge in [0.25, 0.3) is 5.91 Å². The predicted octanol–water partition coefficient (Wildman–Crippen LogP) is 6.74. The lowest BCUT2D eigenvalue weighted by Gasteiger charge is -2.37. The van der Waals surface area contributed by atoms with Crippen molar-refractivity contribution in [3.05, 3.63) is 143 Å². The summed E-state index contributed by atoms with van der Waals surface area (Å²) >= 11 is 0. The van der Waals surface area contributed by atoms with Gasteiger partial charge in [-0.25, -0.2) is 0 Å². The SMILES string of the molecule is O=C1c2cc(N3CCN(CCC(c4ccccc4)c4ccccc4)CC3)ccc2CCN1CC=Cc1ccccc1. The number of piperazine rings is 1. The summed E-state index contributed by atoms with van der Waals surface area (Å²) in [5, 5.41) is 0. The van der Waals surface area contributed by atoms with E-state index in [9.17, 15) is 4.79 Å². The van der Waals surface area contributed by atoms with E-state index >= 15 is 0 Å². The van der Waals surface area contributed by atoms with Crippen molar-refractivity contribution < 1.29 is 4.79 Å². The van der Waals surface area contributed by atoms with Crippen molar-refractivity contribution in [1.82, 2.24) is 9.80 Å². The summed E-state index contributed by atoms with van der Waals surface area (Å²) in [4.78, 5) is 20.4. The summed E-state index contributed by atoms with van der Waals surface area (Å²) in [5.41, 5.74) is 7.16. The minimum atomic E-state index is 0.150. The Kier molecular flexibility index (Phi) is 8.58. The molecule has 4 nitrogen and oxygen atoms in total. The minimum Gasteiger partial charge on any atom is -0.369 e. The van der Waals surface area contributed by atoms with Gasteiger partial charge in [0.15, 0.2) is 0 Å². The molecule has 4 aromatic rings. The highest BCUT2D eigenvalue weighted by atomic mass is 16.2. The van der Waals surface area contributed by atoms with E-state index in [1.54, 1.807) is 0 Å². The molecule has 0 bridgehead atoms. The minimum absolute atomic E-state index is 0.150. The van der Waals surface area contributed by atoms with E-state index in [2.05, 4.69) is 113 Å².